The van der Waals surface area contributed by atoms with E-state index in [-0.39, 0.29) is 12.7 Å². The highest BCUT2D eigenvalue weighted by Crippen LogP contribution is 2.32. The molecule has 0 bridgehead atoms. The first-order valence-corrected chi connectivity index (χ1v) is 8.03. The first kappa shape index (κ1) is 17.2. The highest BCUT2D eigenvalue weighted by molar-refractivity contribution is 5.95. The average Bonchev–Trinajstić information content (AvgIpc) is 3.12. The second-order valence-electron chi connectivity index (χ2n) is 5.63. The van der Waals surface area contributed by atoms with Crippen molar-refractivity contribution >= 4 is 17.9 Å². The van der Waals surface area contributed by atoms with Gasteiger partial charge in [0.15, 0.2) is 11.5 Å². The van der Waals surface area contributed by atoms with E-state index in [2.05, 4.69) is 5.32 Å². The Labute approximate surface area is 145 Å². The van der Waals surface area contributed by atoms with Crippen LogP contribution in [0.4, 0.5) is 0 Å². The lowest BCUT2D eigenvalue weighted by Gasteiger charge is -2.29. The first-order valence-electron chi connectivity index (χ1n) is 8.03. The third-order valence-corrected chi connectivity index (χ3v) is 3.94. The molecule has 2 heterocycles. The molecule has 1 atom stereocenters. The summed E-state index contributed by atoms with van der Waals surface area (Å²) in [5.74, 6) is 0.519. The van der Waals surface area contributed by atoms with Gasteiger partial charge in [-0.1, -0.05) is 6.07 Å². The normalized spacial score (nSPS) is 17.6. The Bertz CT molecular complexity index is 669. The predicted molar refractivity (Wildman–Crippen MR) is 88.0 cm³/mol. The molecule has 3 rings (SSSR count). The molecule has 0 saturated carbocycles. The number of nitrogens with one attached hydrogen (secondary N) is 1. The van der Waals surface area contributed by atoms with Crippen molar-refractivity contribution in [3.8, 4) is 11.5 Å². The Morgan fingerprint density at radius 1 is 1.24 bits per heavy atom. The van der Waals surface area contributed by atoms with E-state index < -0.39 is 18.6 Å². The summed E-state index contributed by atoms with van der Waals surface area (Å²) in [5, 5.41) is 11.9. The molecule has 1 unspecified atom stereocenters. The van der Waals surface area contributed by atoms with Gasteiger partial charge in [-0.25, -0.2) is 0 Å². The largest absolute Gasteiger partial charge is 0.454 e. The van der Waals surface area contributed by atoms with Crippen molar-refractivity contribution in [1.82, 2.24) is 10.2 Å². The number of nitrogens with zero attached hydrogens (tertiary/aromatic N) is 1. The number of carbonyl (C=O) groups excluding carboxylic acids is 2. The minimum atomic E-state index is -0.966. The van der Waals surface area contributed by atoms with Gasteiger partial charge < -0.3 is 29.5 Å². The maximum absolute atomic E-state index is 12.3. The Morgan fingerprint density at radius 3 is 2.76 bits per heavy atom. The fraction of sp³-hybridized carbons (Fsp3) is 0.412. The molecule has 1 aromatic carbocycles. The number of hydrogen-bond acceptors (Lipinski definition) is 6. The summed E-state index contributed by atoms with van der Waals surface area (Å²) in [6.45, 7) is 1.56. The highest BCUT2D eigenvalue weighted by Gasteiger charge is 2.26. The molecule has 1 saturated heterocycles. The van der Waals surface area contributed by atoms with Crippen LogP contribution in [-0.4, -0.2) is 67.6 Å². The second kappa shape index (κ2) is 8.00. The minimum absolute atomic E-state index is 0.185. The molecule has 2 aliphatic rings. The summed E-state index contributed by atoms with van der Waals surface area (Å²) in [7, 11) is 0. The van der Waals surface area contributed by atoms with Crippen LogP contribution in [0.15, 0.2) is 24.3 Å². The zero-order valence-electron chi connectivity index (χ0n) is 13.6. The summed E-state index contributed by atoms with van der Waals surface area (Å²) >= 11 is 0. The third kappa shape index (κ3) is 4.28. The van der Waals surface area contributed by atoms with Gasteiger partial charge in [-0.3, -0.25) is 9.59 Å². The predicted octanol–water partition coefficient (Wildman–Crippen LogP) is -0.236. The van der Waals surface area contributed by atoms with E-state index in [1.54, 1.807) is 29.2 Å². The van der Waals surface area contributed by atoms with E-state index in [0.717, 1.165) is 5.56 Å². The van der Waals surface area contributed by atoms with Gasteiger partial charge in [0.05, 0.1) is 19.8 Å². The van der Waals surface area contributed by atoms with Crippen molar-refractivity contribution in [3.63, 3.8) is 0 Å². The number of benzene rings is 1. The van der Waals surface area contributed by atoms with E-state index in [1.807, 2.05) is 0 Å². The maximum atomic E-state index is 12.3. The zero-order chi connectivity index (χ0) is 17.6. The number of amides is 2. The van der Waals surface area contributed by atoms with Crippen LogP contribution in [-0.2, 0) is 14.3 Å². The van der Waals surface area contributed by atoms with Gasteiger partial charge in [-0.2, -0.15) is 0 Å². The molecule has 1 aromatic rings. The minimum Gasteiger partial charge on any atom is -0.454 e. The number of morpholine rings is 1. The number of hydrogen-bond donors (Lipinski definition) is 2. The van der Waals surface area contributed by atoms with E-state index in [9.17, 15) is 14.7 Å². The highest BCUT2D eigenvalue weighted by atomic mass is 16.7. The Morgan fingerprint density at radius 2 is 2.00 bits per heavy atom. The Balaban J connectivity index is 1.57. The Hall–Kier alpha value is -2.58. The van der Waals surface area contributed by atoms with Gasteiger partial charge in [-0.05, 0) is 23.8 Å². The summed E-state index contributed by atoms with van der Waals surface area (Å²) in [6, 6.07) is 4.35. The molecule has 25 heavy (non-hydrogen) atoms. The summed E-state index contributed by atoms with van der Waals surface area (Å²) < 4.78 is 15.7. The van der Waals surface area contributed by atoms with E-state index >= 15 is 0 Å². The van der Waals surface area contributed by atoms with Crippen LogP contribution in [0.5, 0.6) is 11.5 Å². The van der Waals surface area contributed by atoms with Crippen LogP contribution in [0.25, 0.3) is 6.08 Å². The van der Waals surface area contributed by atoms with E-state index in [1.165, 1.54) is 6.08 Å². The van der Waals surface area contributed by atoms with E-state index in [0.29, 0.717) is 37.8 Å². The molecule has 0 aliphatic carbocycles. The number of rotatable bonds is 5. The lowest BCUT2D eigenvalue weighted by Crippen LogP contribution is -2.53. The van der Waals surface area contributed by atoms with Gasteiger partial charge >= 0.3 is 0 Å². The molecule has 8 heteroatoms. The fourth-order valence-electron chi connectivity index (χ4n) is 2.60. The lowest BCUT2D eigenvalue weighted by atomic mass is 10.2. The third-order valence-electron chi connectivity index (χ3n) is 3.94. The molecule has 0 spiro atoms. The van der Waals surface area contributed by atoms with Crippen molar-refractivity contribution in [2.24, 2.45) is 0 Å². The van der Waals surface area contributed by atoms with Crippen molar-refractivity contribution in [1.29, 1.82) is 0 Å². The number of aliphatic hydroxyl groups excluding tert-OH is 1. The molecular formula is C17H20N2O6. The first-order chi connectivity index (χ1) is 12.2. The van der Waals surface area contributed by atoms with Gasteiger partial charge in [0.1, 0.15) is 6.04 Å². The zero-order valence-corrected chi connectivity index (χ0v) is 13.6. The molecule has 134 valence electrons. The summed E-state index contributed by atoms with van der Waals surface area (Å²) in [6.07, 6.45) is 2.91. The average molecular weight is 348 g/mol. The smallest absolute Gasteiger partial charge is 0.247 e. The topological polar surface area (TPSA) is 97.3 Å². The summed E-state index contributed by atoms with van der Waals surface area (Å²) in [5.41, 5.74) is 0.763. The van der Waals surface area contributed by atoms with E-state index in [4.69, 9.17) is 14.2 Å². The van der Waals surface area contributed by atoms with Crippen molar-refractivity contribution in [2.75, 3.05) is 39.7 Å². The SMILES string of the molecule is O=C(C=Cc1ccc2c(c1)OCO2)NC(CO)C(=O)N1CCOCC1. The molecule has 2 aliphatic heterocycles. The molecule has 0 radical (unpaired) electrons. The van der Waals surface area contributed by atoms with Crippen LogP contribution < -0.4 is 14.8 Å². The molecule has 2 amide bonds. The van der Waals surface area contributed by atoms with Crippen LogP contribution in [0.1, 0.15) is 5.56 Å². The number of aliphatic hydroxyl groups is 1. The molecule has 0 aromatic heterocycles. The molecule has 1 fully saturated rings. The van der Waals surface area contributed by atoms with Crippen molar-refractivity contribution in [2.45, 2.75) is 6.04 Å². The quantitative estimate of drug-likeness (QED) is 0.713. The lowest BCUT2D eigenvalue weighted by molar-refractivity contribution is -0.140. The van der Waals surface area contributed by atoms with Gasteiger partial charge in [-0.15, -0.1) is 0 Å². The monoisotopic (exact) mass is 348 g/mol. The van der Waals surface area contributed by atoms with Crippen molar-refractivity contribution < 1.29 is 28.9 Å². The summed E-state index contributed by atoms with van der Waals surface area (Å²) in [4.78, 5) is 25.9. The second-order valence-corrected chi connectivity index (χ2v) is 5.63. The Kier molecular flexibility index (Phi) is 5.52. The van der Waals surface area contributed by atoms with Crippen LogP contribution in [0.3, 0.4) is 0 Å². The van der Waals surface area contributed by atoms with Crippen LogP contribution >= 0.6 is 0 Å². The fourth-order valence-corrected chi connectivity index (χ4v) is 2.60. The number of fused-ring (bicyclic) bond motifs is 1. The van der Waals surface area contributed by atoms with Crippen LogP contribution in [0, 0.1) is 0 Å². The van der Waals surface area contributed by atoms with Gasteiger partial charge in [0.2, 0.25) is 18.6 Å². The molecular weight excluding hydrogens is 328 g/mol. The van der Waals surface area contributed by atoms with Crippen molar-refractivity contribution in [3.05, 3.63) is 29.8 Å². The van der Waals surface area contributed by atoms with Crippen LogP contribution in [0.2, 0.25) is 0 Å². The van der Waals surface area contributed by atoms with Gasteiger partial charge in [0.25, 0.3) is 0 Å². The number of carbonyl (C=O) groups is 2. The maximum Gasteiger partial charge on any atom is 0.247 e. The van der Waals surface area contributed by atoms with Gasteiger partial charge in [0, 0.05) is 19.2 Å². The standard InChI is InChI=1S/C17H20N2O6/c20-10-13(17(22)19-5-7-23-8-6-19)18-16(21)4-2-12-1-3-14-15(9-12)25-11-24-14/h1-4,9,13,20H,5-8,10-11H2,(H,18,21). The molecule has 2 N–H and O–H groups in total. The molecule has 8 nitrogen and oxygen atoms in total. The number of ether oxygens (including phenoxy) is 3.